The Hall–Kier alpha value is -0.970. The zero-order chi connectivity index (χ0) is 14.9. The number of anilines is 1. The summed E-state index contributed by atoms with van der Waals surface area (Å²) < 4.78 is 0. The summed E-state index contributed by atoms with van der Waals surface area (Å²) in [7, 11) is 0. The van der Waals surface area contributed by atoms with Gasteiger partial charge in [-0.05, 0) is 30.0 Å². The lowest BCUT2D eigenvalue weighted by Crippen LogP contribution is -2.54. The molecule has 1 saturated heterocycles. The molecule has 20 heavy (non-hydrogen) atoms. The minimum atomic E-state index is -0.136. The Morgan fingerprint density at radius 3 is 2.70 bits per heavy atom. The largest absolute Gasteiger partial charge is 0.327 e. The molecule has 1 aliphatic rings. The summed E-state index contributed by atoms with van der Waals surface area (Å²) >= 11 is 11.8. The molecular formula is C14H19Cl2N3O. The number of hydrogen-bond donors (Lipinski definition) is 2. The number of likely N-dealkylation sites (tertiary alicyclic amines) is 1. The van der Waals surface area contributed by atoms with E-state index in [1.54, 1.807) is 23.1 Å². The van der Waals surface area contributed by atoms with Crippen molar-refractivity contribution in [2.75, 3.05) is 18.4 Å². The molecule has 4 nitrogen and oxygen atoms in total. The highest BCUT2D eigenvalue weighted by atomic mass is 35.5. The van der Waals surface area contributed by atoms with Crippen LogP contribution in [0.5, 0.6) is 0 Å². The van der Waals surface area contributed by atoms with Gasteiger partial charge in [0.2, 0.25) is 0 Å². The molecule has 6 heteroatoms. The van der Waals surface area contributed by atoms with Gasteiger partial charge >= 0.3 is 6.03 Å². The molecular weight excluding hydrogens is 297 g/mol. The highest BCUT2D eigenvalue weighted by Crippen LogP contribution is 2.29. The lowest BCUT2D eigenvalue weighted by Gasteiger charge is -2.42. The molecule has 2 amide bonds. The van der Waals surface area contributed by atoms with Crippen molar-refractivity contribution in [3.8, 4) is 0 Å². The van der Waals surface area contributed by atoms with Crippen molar-refractivity contribution >= 4 is 34.9 Å². The second-order valence-corrected chi connectivity index (χ2v) is 6.68. The van der Waals surface area contributed by atoms with E-state index in [1.165, 1.54) is 0 Å². The topological polar surface area (TPSA) is 58.4 Å². The molecule has 110 valence electrons. The summed E-state index contributed by atoms with van der Waals surface area (Å²) in [4.78, 5) is 14.0. The molecule has 3 N–H and O–H groups in total. The first-order valence-corrected chi connectivity index (χ1v) is 7.32. The number of nitrogens with one attached hydrogen (secondary N) is 1. The molecule has 1 aliphatic heterocycles. The summed E-state index contributed by atoms with van der Waals surface area (Å²) in [5, 5.41) is 3.72. The summed E-state index contributed by atoms with van der Waals surface area (Å²) in [6.07, 6.45) is 0.807. The molecule has 0 aromatic heterocycles. The van der Waals surface area contributed by atoms with Crippen LogP contribution in [0.25, 0.3) is 0 Å². The second-order valence-electron chi connectivity index (χ2n) is 5.86. The Morgan fingerprint density at radius 1 is 1.40 bits per heavy atom. The fourth-order valence-electron chi connectivity index (χ4n) is 2.32. The minimum Gasteiger partial charge on any atom is -0.327 e. The van der Waals surface area contributed by atoms with Crippen LogP contribution >= 0.6 is 23.2 Å². The first-order valence-electron chi connectivity index (χ1n) is 6.56. The third kappa shape index (κ3) is 3.37. The number of nitrogens with zero attached hydrogens (tertiary/aromatic N) is 1. The van der Waals surface area contributed by atoms with E-state index in [0.29, 0.717) is 28.8 Å². The Kier molecular flexibility index (Phi) is 4.47. The van der Waals surface area contributed by atoms with Gasteiger partial charge in [0, 0.05) is 24.8 Å². The maximum Gasteiger partial charge on any atom is 0.321 e. The number of hydrogen-bond acceptors (Lipinski definition) is 2. The predicted octanol–water partition coefficient (Wildman–Crippen LogP) is 3.58. The molecule has 0 radical (unpaired) electrons. The number of amides is 2. The maximum atomic E-state index is 12.3. The first-order chi connectivity index (χ1) is 9.29. The van der Waals surface area contributed by atoms with Crippen LogP contribution in [0.15, 0.2) is 18.2 Å². The standard InChI is InChI=1S/C14H19Cl2N3O/c1-14(2)8-19(6-5-12(14)17)13(20)18-9-3-4-10(15)11(16)7-9/h3-4,7,12H,5-6,8,17H2,1-2H3,(H,18,20). The van der Waals surface area contributed by atoms with Crippen molar-refractivity contribution in [3.63, 3.8) is 0 Å². The molecule has 1 fully saturated rings. The van der Waals surface area contributed by atoms with Gasteiger partial charge < -0.3 is 16.0 Å². The van der Waals surface area contributed by atoms with Crippen molar-refractivity contribution in [2.24, 2.45) is 11.1 Å². The average molecular weight is 316 g/mol. The number of benzene rings is 1. The SMILES string of the molecule is CC1(C)CN(C(=O)Nc2ccc(Cl)c(Cl)c2)CCC1N. The lowest BCUT2D eigenvalue weighted by molar-refractivity contribution is 0.118. The van der Waals surface area contributed by atoms with Gasteiger partial charge in [-0.15, -0.1) is 0 Å². The summed E-state index contributed by atoms with van der Waals surface area (Å²) in [5.74, 6) is 0. The number of nitrogens with two attached hydrogens (primary N) is 1. The van der Waals surface area contributed by atoms with Gasteiger partial charge in [-0.2, -0.15) is 0 Å². The molecule has 1 aromatic rings. The number of carbonyl (C=O) groups is 1. The van der Waals surface area contributed by atoms with E-state index < -0.39 is 0 Å². The van der Waals surface area contributed by atoms with E-state index in [9.17, 15) is 4.79 Å². The maximum absolute atomic E-state index is 12.3. The summed E-state index contributed by atoms with van der Waals surface area (Å²) in [6.45, 7) is 5.46. The van der Waals surface area contributed by atoms with Gasteiger partial charge in [-0.1, -0.05) is 37.0 Å². The Labute approximate surface area is 129 Å². The molecule has 2 rings (SSSR count). The monoisotopic (exact) mass is 315 g/mol. The molecule has 1 aromatic carbocycles. The molecule has 0 aliphatic carbocycles. The summed E-state index contributed by atoms with van der Waals surface area (Å²) in [6, 6.07) is 5.02. The van der Waals surface area contributed by atoms with E-state index in [-0.39, 0.29) is 17.5 Å². The van der Waals surface area contributed by atoms with E-state index >= 15 is 0 Å². The minimum absolute atomic E-state index is 0.0762. The zero-order valence-electron chi connectivity index (χ0n) is 11.6. The molecule has 0 saturated carbocycles. The van der Waals surface area contributed by atoms with Gasteiger partial charge in [0.15, 0.2) is 0 Å². The van der Waals surface area contributed by atoms with Crippen LogP contribution in [0.2, 0.25) is 10.0 Å². The smallest absolute Gasteiger partial charge is 0.321 e. The molecule has 0 spiro atoms. The highest BCUT2D eigenvalue weighted by molar-refractivity contribution is 6.42. The van der Waals surface area contributed by atoms with Crippen molar-refractivity contribution in [2.45, 2.75) is 26.3 Å². The van der Waals surface area contributed by atoms with E-state index in [1.807, 2.05) is 0 Å². The van der Waals surface area contributed by atoms with Crippen LogP contribution in [0.4, 0.5) is 10.5 Å². The van der Waals surface area contributed by atoms with Crippen LogP contribution in [-0.2, 0) is 0 Å². The fourth-order valence-corrected chi connectivity index (χ4v) is 2.62. The fraction of sp³-hybridized carbons (Fsp3) is 0.500. The van der Waals surface area contributed by atoms with Crippen molar-refractivity contribution in [1.29, 1.82) is 0 Å². The van der Waals surface area contributed by atoms with E-state index in [0.717, 1.165) is 6.42 Å². The van der Waals surface area contributed by atoms with Crippen LogP contribution < -0.4 is 11.1 Å². The molecule has 1 heterocycles. The van der Waals surface area contributed by atoms with Gasteiger partial charge in [-0.25, -0.2) is 4.79 Å². The number of carbonyl (C=O) groups excluding carboxylic acids is 1. The van der Waals surface area contributed by atoms with Gasteiger partial charge in [0.05, 0.1) is 10.0 Å². The number of halogens is 2. The van der Waals surface area contributed by atoms with Crippen LogP contribution in [-0.4, -0.2) is 30.1 Å². The van der Waals surface area contributed by atoms with Crippen LogP contribution in [0, 0.1) is 5.41 Å². The van der Waals surface area contributed by atoms with Crippen molar-refractivity contribution in [3.05, 3.63) is 28.2 Å². The zero-order valence-corrected chi connectivity index (χ0v) is 13.1. The van der Waals surface area contributed by atoms with Gasteiger partial charge in [0.1, 0.15) is 0 Å². The number of piperidine rings is 1. The molecule has 1 atom stereocenters. The Balaban J connectivity index is 2.03. The normalized spacial score (nSPS) is 21.6. The second kappa shape index (κ2) is 5.80. The average Bonchev–Trinajstić information content (AvgIpc) is 2.37. The summed E-state index contributed by atoms with van der Waals surface area (Å²) in [5.41, 5.74) is 6.63. The first kappa shape index (κ1) is 15.4. The third-order valence-electron chi connectivity index (χ3n) is 3.77. The van der Waals surface area contributed by atoms with Crippen molar-refractivity contribution < 1.29 is 4.79 Å². The van der Waals surface area contributed by atoms with Gasteiger partial charge in [-0.3, -0.25) is 0 Å². The Bertz CT molecular complexity index is 519. The quantitative estimate of drug-likeness (QED) is 0.832. The van der Waals surface area contributed by atoms with E-state index in [2.05, 4.69) is 19.2 Å². The van der Waals surface area contributed by atoms with E-state index in [4.69, 9.17) is 28.9 Å². The number of urea groups is 1. The third-order valence-corrected chi connectivity index (χ3v) is 4.51. The molecule has 1 unspecified atom stereocenters. The predicted molar refractivity (Wildman–Crippen MR) is 83.4 cm³/mol. The van der Waals surface area contributed by atoms with Crippen LogP contribution in [0.3, 0.4) is 0 Å². The number of rotatable bonds is 1. The van der Waals surface area contributed by atoms with Crippen molar-refractivity contribution in [1.82, 2.24) is 4.90 Å². The van der Waals surface area contributed by atoms with Crippen LogP contribution in [0.1, 0.15) is 20.3 Å². The van der Waals surface area contributed by atoms with Gasteiger partial charge in [0.25, 0.3) is 0 Å². The Morgan fingerprint density at radius 2 is 2.10 bits per heavy atom. The highest BCUT2D eigenvalue weighted by Gasteiger charge is 2.35. The molecule has 0 bridgehead atoms. The lowest BCUT2D eigenvalue weighted by atomic mass is 9.80.